The summed E-state index contributed by atoms with van der Waals surface area (Å²) in [6.07, 6.45) is 2.76. The number of pyridine rings is 1. The monoisotopic (exact) mass is 198 g/mol. The van der Waals surface area contributed by atoms with Gasteiger partial charge in [0, 0.05) is 6.20 Å². The molecule has 0 amide bonds. The van der Waals surface area contributed by atoms with Crippen molar-refractivity contribution in [2.24, 2.45) is 11.7 Å². The van der Waals surface area contributed by atoms with Crippen molar-refractivity contribution in [3.63, 3.8) is 0 Å². The van der Waals surface area contributed by atoms with E-state index < -0.39 is 0 Å². The number of nitrogens with zero attached hydrogens (tertiary/aromatic N) is 1. The second kappa shape index (κ2) is 4.58. The largest absolute Gasteiger partial charge is 0.322 e. The summed E-state index contributed by atoms with van der Waals surface area (Å²) in [6, 6.07) is 3.58. The summed E-state index contributed by atoms with van der Waals surface area (Å²) in [4.78, 5) is 4.19. The standard InChI is InChI=1S/C10H15ClN2/c1-3-7(2)9(12)10-8(11)5-4-6-13-10/h4-7,9H,3,12H2,1-2H3. The number of halogens is 1. The molecule has 0 aliphatic rings. The van der Waals surface area contributed by atoms with E-state index in [-0.39, 0.29) is 6.04 Å². The molecule has 0 aliphatic carbocycles. The molecule has 72 valence electrons. The van der Waals surface area contributed by atoms with E-state index in [1.807, 2.05) is 12.1 Å². The van der Waals surface area contributed by atoms with Gasteiger partial charge in [0.05, 0.1) is 16.8 Å². The van der Waals surface area contributed by atoms with Gasteiger partial charge in [-0.2, -0.15) is 0 Å². The molecule has 2 nitrogen and oxygen atoms in total. The fourth-order valence-electron chi connectivity index (χ4n) is 1.17. The smallest absolute Gasteiger partial charge is 0.0759 e. The molecule has 2 unspecified atom stereocenters. The molecule has 13 heavy (non-hydrogen) atoms. The lowest BCUT2D eigenvalue weighted by Crippen LogP contribution is -2.20. The molecule has 1 rings (SSSR count). The van der Waals surface area contributed by atoms with Crippen molar-refractivity contribution >= 4 is 11.6 Å². The SMILES string of the molecule is CCC(C)C(N)c1ncccc1Cl. The summed E-state index contributed by atoms with van der Waals surface area (Å²) in [5, 5.41) is 0.662. The maximum atomic E-state index is 6.00. The highest BCUT2D eigenvalue weighted by Gasteiger charge is 2.16. The fraction of sp³-hybridized carbons (Fsp3) is 0.500. The Morgan fingerprint density at radius 2 is 2.31 bits per heavy atom. The minimum Gasteiger partial charge on any atom is -0.322 e. The summed E-state index contributed by atoms with van der Waals surface area (Å²) in [5.41, 5.74) is 6.81. The molecule has 3 heteroatoms. The van der Waals surface area contributed by atoms with Crippen LogP contribution in [-0.4, -0.2) is 4.98 Å². The first-order valence-electron chi connectivity index (χ1n) is 4.52. The molecule has 0 fully saturated rings. The highest BCUT2D eigenvalue weighted by atomic mass is 35.5. The van der Waals surface area contributed by atoms with Gasteiger partial charge in [0.1, 0.15) is 0 Å². The molecule has 1 heterocycles. The van der Waals surface area contributed by atoms with Gasteiger partial charge in [-0.15, -0.1) is 0 Å². The zero-order chi connectivity index (χ0) is 9.84. The van der Waals surface area contributed by atoms with Crippen LogP contribution in [-0.2, 0) is 0 Å². The third-order valence-corrected chi connectivity index (χ3v) is 2.68. The number of nitrogens with two attached hydrogens (primary N) is 1. The zero-order valence-corrected chi connectivity index (χ0v) is 8.75. The van der Waals surface area contributed by atoms with Crippen molar-refractivity contribution in [3.05, 3.63) is 29.0 Å². The Hall–Kier alpha value is -0.600. The Morgan fingerprint density at radius 1 is 1.62 bits per heavy atom. The van der Waals surface area contributed by atoms with Crippen LogP contribution in [0.2, 0.25) is 5.02 Å². The molecular weight excluding hydrogens is 184 g/mol. The van der Waals surface area contributed by atoms with E-state index in [1.54, 1.807) is 6.20 Å². The minimum atomic E-state index is -0.0568. The molecule has 2 atom stereocenters. The van der Waals surface area contributed by atoms with Gasteiger partial charge in [0.2, 0.25) is 0 Å². The Balaban J connectivity index is 2.88. The number of rotatable bonds is 3. The fourth-order valence-corrected chi connectivity index (χ4v) is 1.41. The molecule has 1 aromatic heterocycles. The van der Waals surface area contributed by atoms with Gasteiger partial charge < -0.3 is 5.73 Å². The van der Waals surface area contributed by atoms with E-state index >= 15 is 0 Å². The highest BCUT2D eigenvalue weighted by Crippen LogP contribution is 2.25. The molecule has 0 saturated carbocycles. The maximum absolute atomic E-state index is 6.00. The average molecular weight is 199 g/mol. The first-order chi connectivity index (χ1) is 6.16. The number of hydrogen-bond donors (Lipinski definition) is 1. The van der Waals surface area contributed by atoms with Crippen LogP contribution in [0.3, 0.4) is 0 Å². The van der Waals surface area contributed by atoms with Gasteiger partial charge in [-0.1, -0.05) is 31.9 Å². The number of aromatic nitrogens is 1. The molecule has 0 aromatic carbocycles. The Kier molecular flexibility index (Phi) is 3.70. The maximum Gasteiger partial charge on any atom is 0.0759 e. The molecule has 1 aromatic rings. The third kappa shape index (κ3) is 2.42. The van der Waals surface area contributed by atoms with Gasteiger partial charge in [-0.3, -0.25) is 4.98 Å². The topological polar surface area (TPSA) is 38.9 Å². The zero-order valence-electron chi connectivity index (χ0n) is 8.00. The number of hydrogen-bond acceptors (Lipinski definition) is 2. The molecule has 0 saturated heterocycles. The summed E-state index contributed by atoms with van der Waals surface area (Å²) in [7, 11) is 0. The van der Waals surface area contributed by atoms with Crippen LogP contribution in [0, 0.1) is 5.92 Å². The van der Waals surface area contributed by atoms with E-state index in [9.17, 15) is 0 Å². The molecule has 0 aliphatic heterocycles. The van der Waals surface area contributed by atoms with Crippen molar-refractivity contribution in [3.8, 4) is 0 Å². The van der Waals surface area contributed by atoms with Gasteiger partial charge in [-0.25, -0.2) is 0 Å². The van der Waals surface area contributed by atoms with Gasteiger partial charge in [0.15, 0.2) is 0 Å². The molecule has 0 spiro atoms. The predicted molar refractivity (Wildman–Crippen MR) is 55.6 cm³/mol. The second-order valence-electron chi connectivity index (χ2n) is 3.28. The Labute approximate surface area is 84.1 Å². The van der Waals surface area contributed by atoms with Gasteiger partial charge >= 0.3 is 0 Å². The van der Waals surface area contributed by atoms with Crippen LogP contribution in [0.4, 0.5) is 0 Å². The van der Waals surface area contributed by atoms with Crippen LogP contribution in [0.5, 0.6) is 0 Å². The molecule has 0 bridgehead atoms. The van der Waals surface area contributed by atoms with Crippen LogP contribution in [0.15, 0.2) is 18.3 Å². The lowest BCUT2D eigenvalue weighted by atomic mass is 9.97. The van der Waals surface area contributed by atoms with Crippen molar-refractivity contribution in [2.75, 3.05) is 0 Å². The predicted octanol–water partition coefficient (Wildman–Crippen LogP) is 2.78. The van der Waals surface area contributed by atoms with Gasteiger partial charge in [0.25, 0.3) is 0 Å². The highest BCUT2D eigenvalue weighted by molar-refractivity contribution is 6.31. The van der Waals surface area contributed by atoms with Crippen molar-refractivity contribution in [1.29, 1.82) is 0 Å². The minimum absolute atomic E-state index is 0.0568. The van der Waals surface area contributed by atoms with Crippen LogP contribution < -0.4 is 5.73 Å². The lowest BCUT2D eigenvalue weighted by molar-refractivity contribution is 0.448. The lowest BCUT2D eigenvalue weighted by Gasteiger charge is -2.18. The van der Waals surface area contributed by atoms with E-state index in [0.717, 1.165) is 12.1 Å². The van der Waals surface area contributed by atoms with E-state index in [4.69, 9.17) is 17.3 Å². The molecule has 0 radical (unpaired) electrons. The summed E-state index contributed by atoms with van der Waals surface area (Å²) < 4.78 is 0. The van der Waals surface area contributed by atoms with Crippen molar-refractivity contribution in [1.82, 2.24) is 4.98 Å². The van der Waals surface area contributed by atoms with Crippen molar-refractivity contribution < 1.29 is 0 Å². The van der Waals surface area contributed by atoms with Gasteiger partial charge in [-0.05, 0) is 18.1 Å². The Morgan fingerprint density at radius 3 is 2.85 bits per heavy atom. The van der Waals surface area contributed by atoms with E-state index in [1.165, 1.54) is 0 Å². The average Bonchev–Trinajstić information content (AvgIpc) is 2.16. The van der Waals surface area contributed by atoms with Crippen LogP contribution >= 0.6 is 11.6 Å². The molecule has 2 N–H and O–H groups in total. The summed E-state index contributed by atoms with van der Waals surface area (Å²) >= 11 is 5.98. The molecular formula is C10H15ClN2. The second-order valence-corrected chi connectivity index (χ2v) is 3.69. The van der Waals surface area contributed by atoms with Crippen LogP contribution in [0.1, 0.15) is 32.0 Å². The summed E-state index contributed by atoms with van der Waals surface area (Å²) in [6.45, 7) is 4.22. The quantitative estimate of drug-likeness (QED) is 0.811. The first kappa shape index (κ1) is 10.5. The Bertz CT molecular complexity index is 275. The van der Waals surface area contributed by atoms with Crippen LogP contribution in [0.25, 0.3) is 0 Å². The normalized spacial score (nSPS) is 15.4. The van der Waals surface area contributed by atoms with E-state index in [0.29, 0.717) is 10.9 Å². The van der Waals surface area contributed by atoms with E-state index in [2.05, 4.69) is 18.8 Å². The summed E-state index contributed by atoms with van der Waals surface area (Å²) in [5.74, 6) is 0.410. The third-order valence-electron chi connectivity index (χ3n) is 2.36. The van der Waals surface area contributed by atoms with Crippen molar-refractivity contribution in [2.45, 2.75) is 26.3 Å². The first-order valence-corrected chi connectivity index (χ1v) is 4.90.